The monoisotopic (exact) mass is 229 g/mol. The second kappa shape index (κ2) is 4.70. The predicted octanol–water partition coefficient (Wildman–Crippen LogP) is 3.38. The predicted molar refractivity (Wildman–Crippen MR) is 58.9 cm³/mol. The van der Waals surface area contributed by atoms with Crippen molar-refractivity contribution in [2.75, 3.05) is 6.54 Å². The molecule has 0 saturated carbocycles. The molecule has 0 amide bonds. The van der Waals surface area contributed by atoms with Crippen molar-refractivity contribution in [1.82, 2.24) is 0 Å². The highest BCUT2D eigenvalue weighted by Gasteiger charge is 2.32. The minimum Gasteiger partial charge on any atom is -0.330 e. The highest BCUT2D eigenvalue weighted by atomic mass is 19.4. The van der Waals surface area contributed by atoms with Gasteiger partial charge in [0.15, 0.2) is 0 Å². The first-order chi connectivity index (χ1) is 7.36. The van der Waals surface area contributed by atoms with Crippen LogP contribution in [0.25, 0.3) is 5.57 Å². The van der Waals surface area contributed by atoms with Gasteiger partial charge in [-0.3, -0.25) is 0 Å². The molecule has 4 heteroatoms. The normalized spacial score (nSPS) is 11.6. The van der Waals surface area contributed by atoms with Crippen LogP contribution in [0.3, 0.4) is 0 Å². The topological polar surface area (TPSA) is 26.0 Å². The minimum atomic E-state index is -4.32. The van der Waals surface area contributed by atoms with Crippen LogP contribution in [-0.4, -0.2) is 6.54 Å². The lowest BCUT2D eigenvalue weighted by atomic mass is 9.99. The number of benzene rings is 1. The Balaban J connectivity index is 3.13. The van der Waals surface area contributed by atoms with Gasteiger partial charge in [0.2, 0.25) is 0 Å². The van der Waals surface area contributed by atoms with Gasteiger partial charge >= 0.3 is 6.18 Å². The van der Waals surface area contributed by atoms with Crippen molar-refractivity contribution >= 4 is 5.57 Å². The van der Waals surface area contributed by atoms with Crippen molar-refractivity contribution in [3.8, 4) is 0 Å². The van der Waals surface area contributed by atoms with E-state index in [2.05, 4.69) is 6.58 Å². The highest BCUT2D eigenvalue weighted by molar-refractivity contribution is 5.64. The van der Waals surface area contributed by atoms with Gasteiger partial charge in [0.25, 0.3) is 0 Å². The van der Waals surface area contributed by atoms with Crippen molar-refractivity contribution < 1.29 is 13.2 Å². The zero-order valence-electron chi connectivity index (χ0n) is 9.06. The molecule has 0 fully saturated rings. The molecule has 1 rings (SSSR count). The number of hydrogen-bond acceptors (Lipinski definition) is 1. The zero-order valence-corrected chi connectivity index (χ0v) is 9.06. The lowest BCUT2D eigenvalue weighted by molar-refractivity contribution is -0.138. The Kier molecular flexibility index (Phi) is 3.75. The van der Waals surface area contributed by atoms with Crippen LogP contribution in [0.4, 0.5) is 13.2 Å². The molecular weight excluding hydrogens is 215 g/mol. The molecule has 2 N–H and O–H groups in total. The van der Waals surface area contributed by atoms with E-state index >= 15 is 0 Å². The van der Waals surface area contributed by atoms with Crippen LogP contribution in [0.15, 0.2) is 24.8 Å². The van der Waals surface area contributed by atoms with E-state index in [1.165, 1.54) is 13.0 Å². The molecule has 1 aromatic carbocycles. The summed E-state index contributed by atoms with van der Waals surface area (Å²) in [4.78, 5) is 0. The molecule has 16 heavy (non-hydrogen) atoms. The lowest BCUT2D eigenvalue weighted by Gasteiger charge is -2.13. The summed E-state index contributed by atoms with van der Waals surface area (Å²) in [6, 6.07) is 4.23. The fourth-order valence-electron chi connectivity index (χ4n) is 1.47. The van der Waals surface area contributed by atoms with Gasteiger partial charge in [-0.05, 0) is 42.7 Å². The Labute approximate surface area is 92.8 Å². The third-order valence-corrected chi connectivity index (χ3v) is 2.40. The van der Waals surface area contributed by atoms with E-state index in [9.17, 15) is 13.2 Å². The number of rotatable bonds is 3. The first-order valence-electron chi connectivity index (χ1n) is 4.92. The molecule has 0 spiro atoms. The van der Waals surface area contributed by atoms with E-state index in [0.29, 0.717) is 24.1 Å². The van der Waals surface area contributed by atoms with E-state index in [1.807, 2.05) is 0 Å². The van der Waals surface area contributed by atoms with Crippen LogP contribution < -0.4 is 5.73 Å². The zero-order chi connectivity index (χ0) is 12.3. The van der Waals surface area contributed by atoms with Gasteiger partial charge in [-0.2, -0.15) is 13.2 Å². The average Bonchev–Trinajstić information content (AvgIpc) is 2.16. The molecule has 0 aliphatic heterocycles. The Morgan fingerprint density at radius 1 is 1.38 bits per heavy atom. The summed E-state index contributed by atoms with van der Waals surface area (Å²) >= 11 is 0. The Hall–Kier alpha value is -1.29. The maximum absolute atomic E-state index is 12.6. The molecule has 0 bridgehead atoms. The fraction of sp³-hybridized carbons (Fsp3) is 0.333. The maximum atomic E-state index is 12.6. The smallest absolute Gasteiger partial charge is 0.330 e. The third-order valence-electron chi connectivity index (χ3n) is 2.40. The molecular formula is C12H14F3N. The molecule has 0 unspecified atom stereocenters. The third kappa shape index (κ3) is 2.85. The fourth-order valence-corrected chi connectivity index (χ4v) is 1.47. The number of halogens is 3. The summed E-state index contributed by atoms with van der Waals surface area (Å²) in [6.07, 6.45) is -3.82. The van der Waals surface area contributed by atoms with E-state index in [4.69, 9.17) is 5.73 Å². The molecule has 1 nitrogen and oxygen atoms in total. The summed E-state index contributed by atoms with van der Waals surface area (Å²) in [6.45, 7) is 5.55. The van der Waals surface area contributed by atoms with E-state index in [0.717, 1.165) is 6.07 Å². The van der Waals surface area contributed by atoms with Gasteiger partial charge < -0.3 is 5.73 Å². The molecule has 0 aliphatic rings. The van der Waals surface area contributed by atoms with Gasteiger partial charge in [-0.1, -0.05) is 18.7 Å². The quantitative estimate of drug-likeness (QED) is 0.844. The summed E-state index contributed by atoms with van der Waals surface area (Å²) in [5, 5.41) is 0. The van der Waals surface area contributed by atoms with Crippen LogP contribution >= 0.6 is 0 Å². The first kappa shape index (κ1) is 12.8. The number of hydrogen-bond donors (Lipinski definition) is 1. The Bertz CT molecular complexity index is 394. The second-order valence-electron chi connectivity index (χ2n) is 3.67. The van der Waals surface area contributed by atoms with Gasteiger partial charge in [-0.15, -0.1) is 0 Å². The van der Waals surface area contributed by atoms with Crippen molar-refractivity contribution in [3.63, 3.8) is 0 Å². The lowest BCUT2D eigenvalue weighted by Crippen LogP contribution is -2.08. The summed E-state index contributed by atoms with van der Waals surface area (Å²) in [5.41, 5.74) is 6.08. The molecule has 0 saturated heterocycles. The Morgan fingerprint density at radius 3 is 2.50 bits per heavy atom. The van der Waals surface area contributed by atoms with Crippen LogP contribution in [0.1, 0.15) is 23.1 Å². The van der Waals surface area contributed by atoms with Crippen LogP contribution in [0, 0.1) is 6.92 Å². The van der Waals surface area contributed by atoms with Crippen LogP contribution in [-0.2, 0) is 6.18 Å². The van der Waals surface area contributed by atoms with Gasteiger partial charge in [0, 0.05) is 0 Å². The maximum Gasteiger partial charge on any atom is 0.416 e. The molecule has 0 aliphatic carbocycles. The molecule has 0 atom stereocenters. The number of alkyl halides is 3. The molecule has 0 radical (unpaired) electrons. The largest absolute Gasteiger partial charge is 0.416 e. The Morgan fingerprint density at radius 2 is 2.00 bits per heavy atom. The summed E-state index contributed by atoms with van der Waals surface area (Å²) in [7, 11) is 0. The average molecular weight is 229 g/mol. The molecule has 1 aromatic rings. The van der Waals surface area contributed by atoms with Crippen LogP contribution in [0.5, 0.6) is 0 Å². The molecule has 88 valence electrons. The van der Waals surface area contributed by atoms with E-state index < -0.39 is 11.7 Å². The van der Waals surface area contributed by atoms with Gasteiger partial charge in [0.1, 0.15) is 0 Å². The summed E-state index contributed by atoms with van der Waals surface area (Å²) < 4.78 is 37.9. The van der Waals surface area contributed by atoms with Gasteiger partial charge in [0.05, 0.1) is 5.56 Å². The van der Waals surface area contributed by atoms with Crippen molar-refractivity contribution in [2.45, 2.75) is 19.5 Å². The second-order valence-corrected chi connectivity index (χ2v) is 3.67. The van der Waals surface area contributed by atoms with Crippen molar-refractivity contribution in [2.24, 2.45) is 5.73 Å². The molecule has 0 heterocycles. The van der Waals surface area contributed by atoms with E-state index in [1.54, 1.807) is 6.07 Å². The number of aryl methyl sites for hydroxylation is 1. The standard InChI is InChI=1S/C12H14F3N/c1-8(5-6-16)10-4-3-9(2)11(7-10)12(13,14)15/h3-4,7H,1,5-6,16H2,2H3. The highest BCUT2D eigenvalue weighted by Crippen LogP contribution is 2.33. The van der Waals surface area contributed by atoms with E-state index in [-0.39, 0.29) is 5.56 Å². The van der Waals surface area contributed by atoms with Gasteiger partial charge in [-0.25, -0.2) is 0 Å². The van der Waals surface area contributed by atoms with Crippen molar-refractivity contribution in [1.29, 1.82) is 0 Å². The van der Waals surface area contributed by atoms with Crippen LogP contribution in [0.2, 0.25) is 0 Å². The first-order valence-corrected chi connectivity index (χ1v) is 4.92. The minimum absolute atomic E-state index is 0.219. The van der Waals surface area contributed by atoms with Crippen molar-refractivity contribution in [3.05, 3.63) is 41.5 Å². The molecule has 0 aromatic heterocycles. The summed E-state index contributed by atoms with van der Waals surface area (Å²) in [5.74, 6) is 0. The number of nitrogens with two attached hydrogens (primary N) is 1. The SMILES string of the molecule is C=C(CCN)c1ccc(C)c(C(F)(F)F)c1.